The molecule has 3 heterocycles. The Morgan fingerprint density at radius 3 is 2.53 bits per heavy atom. The van der Waals surface area contributed by atoms with Gasteiger partial charge >= 0.3 is 6.18 Å². The van der Waals surface area contributed by atoms with E-state index in [0.29, 0.717) is 32.2 Å². The Kier molecular flexibility index (Phi) is 6.50. The number of nitrogens with two attached hydrogens (primary N) is 1. The van der Waals surface area contributed by atoms with Gasteiger partial charge in [-0.05, 0) is 29.5 Å². The number of rotatable bonds is 5. The minimum absolute atomic E-state index is 0.219. The second-order valence-corrected chi connectivity index (χ2v) is 9.18. The summed E-state index contributed by atoms with van der Waals surface area (Å²) in [6, 6.07) is 5.88. The molecular weight excluding hydrogens is 464 g/mol. The number of anilines is 1. The fourth-order valence-electron chi connectivity index (χ4n) is 3.58. The predicted molar refractivity (Wildman–Crippen MR) is 117 cm³/mol. The molecule has 0 saturated carbocycles. The SMILES string of the molecule is NC(Cc1cccc(C(F)(F)F)c1F)C(=O)N1CCN(c2nc(-c3cccs3)cs2)CC1. The van der Waals surface area contributed by atoms with Crippen LogP contribution in [0.15, 0.2) is 41.1 Å². The number of alkyl halides is 3. The van der Waals surface area contributed by atoms with Gasteiger partial charge in [-0.2, -0.15) is 13.2 Å². The van der Waals surface area contributed by atoms with Gasteiger partial charge in [0.1, 0.15) is 5.82 Å². The highest BCUT2D eigenvalue weighted by molar-refractivity contribution is 7.16. The van der Waals surface area contributed by atoms with Gasteiger partial charge in [-0.15, -0.1) is 22.7 Å². The molecule has 11 heteroatoms. The third kappa shape index (κ3) is 4.79. The average Bonchev–Trinajstić information content (AvgIpc) is 3.46. The Labute approximate surface area is 190 Å². The molecule has 0 radical (unpaired) electrons. The van der Waals surface area contributed by atoms with Crippen LogP contribution < -0.4 is 10.6 Å². The van der Waals surface area contributed by atoms with Crippen LogP contribution in [0.25, 0.3) is 10.6 Å². The Hall–Kier alpha value is -2.50. The summed E-state index contributed by atoms with van der Waals surface area (Å²) >= 11 is 3.15. The first-order valence-corrected chi connectivity index (χ1v) is 11.6. The molecule has 2 N–H and O–H groups in total. The maximum atomic E-state index is 14.3. The van der Waals surface area contributed by atoms with Gasteiger partial charge in [0.05, 0.1) is 22.2 Å². The largest absolute Gasteiger partial charge is 0.419 e. The van der Waals surface area contributed by atoms with Crippen LogP contribution in [0.2, 0.25) is 0 Å². The molecule has 1 aromatic carbocycles. The molecule has 0 spiro atoms. The van der Waals surface area contributed by atoms with E-state index in [9.17, 15) is 22.4 Å². The van der Waals surface area contributed by atoms with E-state index >= 15 is 0 Å². The molecule has 1 amide bonds. The molecule has 1 aliphatic rings. The fraction of sp³-hybridized carbons (Fsp3) is 0.333. The summed E-state index contributed by atoms with van der Waals surface area (Å²) in [5, 5.41) is 4.86. The van der Waals surface area contributed by atoms with Gasteiger partial charge < -0.3 is 15.5 Å². The number of piperazine rings is 1. The van der Waals surface area contributed by atoms with Gasteiger partial charge in [0.25, 0.3) is 0 Å². The molecule has 0 aliphatic carbocycles. The number of hydrogen-bond acceptors (Lipinski definition) is 6. The first kappa shape index (κ1) is 22.7. The summed E-state index contributed by atoms with van der Waals surface area (Å²) in [6.45, 7) is 1.94. The Morgan fingerprint density at radius 2 is 1.88 bits per heavy atom. The molecule has 1 unspecified atom stereocenters. The van der Waals surface area contributed by atoms with Gasteiger partial charge in [0.15, 0.2) is 5.13 Å². The van der Waals surface area contributed by atoms with Crippen LogP contribution in [0.4, 0.5) is 22.7 Å². The second kappa shape index (κ2) is 9.16. The van der Waals surface area contributed by atoms with E-state index < -0.39 is 29.5 Å². The van der Waals surface area contributed by atoms with Gasteiger partial charge in [-0.1, -0.05) is 18.2 Å². The first-order valence-electron chi connectivity index (χ1n) is 9.87. The van der Waals surface area contributed by atoms with Crippen molar-refractivity contribution in [3.8, 4) is 10.6 Å². The molecule has 1 saturated heterocycles. The van der Waals surface area contributed by atoms with Crippen molar-refractivity contribution < 1.29 is 22.4 Å². The minimum atomic E-state index is -4.80. The van der Waals surface area contributed by atoms with Crippen molar-refractivity contribution in [2.75, 3.05) is 31.1 Å². The topological polar surface area (TPSA) is 62.5 Å². The van der Waals surface area contributed by atoms with Crippen molar-refractivity contribution in [1.82, 2.24) is 9.88 Å². The minimum Gasteiger partial charge on any atom is -0.345 e. The molecule has 5 nitrogen and oxygen atoms in total. The van der Waals surface area contributed by atoms with Crippen LogP contribution in [0.1, 0.15) is 11.1 Å². The van der Waals surface area contributed by atoms with E-state index in [-0.39, 0.29) is 12.0 Å². The second-order valence-electron chi connectivity index (χ2n) is 7.39. The predicted octanol–water partition coefficient (Wildman–Crippen LogP) is 4.25. The van der Waals surface area contributed by atoms with Crippen molar-refractivity contribution >= 4 is 33.7 Å². The Morgan fingerprint density at radius 1 is 1.12 bits per heavy atom. The number of carbonyl (C=O) groups excluding carboxylic acids is 1. The summed E-state index contributed by atoms with van der Waals surface area (Å²) in [7, 11) is 0. The Bertz CT molecular complexity index is 1080. The summed E-state index contributed by atoms with van der Waals surface area (Å²) in [5.41, 5.74) is 5.30. The number of halogens is 4. The van der Waals surface area contributed by atoms with Crippen LogP contribution in [0.5, 0.6) is 0 Å². The number of thiazole rings is 1. The molecular formula is C21H20F4N4OS2. The summed E-state index contributed by atoms with van der Waals surface area (Å²) < 4.78 is 53.0. The first-order chi connectivity index (χ1) is 15.2. The molecule has 4 rings (SSSR count). The number of benzene rings is 1. The van der Waals surface area contributed by atoms with Crippen LogP contribution in [0, 0.1) is 5.82 Å². The molecule has 1 aliphatic heterocycles. The van der Waals surface area contributed by atoms with Crippen molar-refractivity contribution in [2.45, 2.75) is 18.6 Å². The number of hydrogen-bond donors (Lipinski definition) is 1. The fourth-order valence-corrected chi connectivity index (χ4v) is 5.22. The molecule has 3 aromatic rings. The molecule has 32 heavy (non-hydrogen) atoms. The van der Waals surface area contributed by atoms with Crippen LogP contribution in [-0.2, 0) is 17.4 Å². The zero-order chi connectivity index (χ0) is 22.9. The lowest BCUT2D eigenvalue weighted by atomic mass is 10.0. The number of nitrogens with zero attached hydrogens (tertiary/aromatic N) is 3. The number of thiophene rings is 1. The average molecular weight is 485 g/mol. The van der Waals surface area contributed by atoms with Crippen LogP contribution in [0.3, 0.4) is 0 Å². The van der Waals surface area contributed by atoms with Crippen molar-refractivity contribution in [3.63, 3.8) is 0 Å². The normalized spacial score (nSPS) is 15.8. The lowest BCUT2D eigenvalue weighted by Gasteiger charge is -2.35. The van der Waals surface area contributed by atoms with Gasteiger partial charge in [0.2, 0.25) is 5.91 Å². The zero-order valence-corrected chi connectivity index (χ0v) is 18.4. The summed E-state index contributed by atoms with van der Waals surface area (Å²) in [6.07, 6.45) is -5.10. The van der Waals surface area contributed by atoms with E-state index in [2.05, 4.69) is 9.88 Å². The molecule has 1 fully saturated rings. The zero-order valence-electron chi connectivity index (χ0n) is 16.8. The molecule has 2 aromatic heterocycles. The molecule has 170 valence electrons. The van der Waals surface area contributed by atoms with Crippen molar-refractivity contribution in [2.24, 2.45) is 5.73 Å². The summed E-state index contributed by atoms with van der Waals surface area (Å²) in [4.78, 5) is 22.1. The third-order valence-electron chi connectivity index (χ3n) is 5.27. The van der Waals surface area contributed by atoms with Gasteiger partial charge in [-0.3, -0.25) is 4.79 Å². The Balaban J connectivity index is 1.35. The third-order valence-corrected chi connectivity index (χ3v) is 7.06. The lowest BCUT2D eigenvalue weighted by molar-refractivity contribution is -0.140. The number of aromatic nitrogens is 1. The van der Waals surface area contributed by atoms with E-state index in [0.717, 1.165) is 21.8 Å². The quantitative estimate of drug-likeness (QED) is 0.550. The standard InChI is InChI=1S/C21H20F4N4OS2/c22-18-13(3-1-4-14(18)21(23,24)25)11-15(26)19(30)28-6-8-29(9-7-28)20-27-16(12-32-20)17-5-2-10-31-17/h1-5,10,12,15H,6-9,11,26H2. The smallest absolute Gasteiger partial charge is 0.345 e. The van der Waals surface area contributed by atoms with Crippen molar-refractivity contribution in [3.05, 3.63) is 58.0 Å². The highest BCUT2D eigenvalue weighted by Crippen LogP contribution is 2.33. The van der Waals surface area contributed by atoms with Crippen LogP contribution >= 0.6 is 22.7 Å². The van der Waals surface area contributed by atoms with Crippen molar-refractivity contribution in [1.29, 1.82) is 0 Å². The van der Waals surface area contributed by atoms with E-state index in [1.165, 1.54) is 17.4 Å². The van der Waals surface area contributed by atoms with Crippen LogP contribution in [-0.4, -0.2) is 48.0 Å². The maximum Gasteiger partial charge on any atom is 0.419 e. The number of amides is 1. The molecule has 1 atom stereocenters. The number of carbonyl (C=O) groups is 1. The van der Waals surface area contributed by atoms with Gasteiger partial charge in [-0.25, -0.2) is 9.37 Å². The highest BCUT2D eigenvalue weighted by Gasteiger charge is 2.35. The monoisotopic (exact) mass is 484 g/mol. The highest BCUT2D eigenvalue weighted by atomic mass is 32.1. The maximum absolute atomic E-state index is 14.3. The summed E-state index contributed by atoms with van der Waals surface area (Å²) in [5.74, 6) is -1.78. The van der Waals surface area contributed by atoms with Gasteiger partial charge in [0, 0.05) is 31.6 Å². The van der Waals surface area contributed by atoms with E-state index in [1.807, 2.05) is 22.9 Å². The van der Waals surface area contributed by atoms with E-state index in [4.69, 9.17) is 5.73 Å². The van der Waals surface area contributed by atoms with E-state index in [1.54, 1.807) is 16.2 Å². The lowest BCUT2D eigenvalue weighted by Crippen LogP contribution is -2.53. The molecule has 0 bridgehead atoms.